The second-order valence-electron chi connectivity index (χ2n) is 5.23. The van der Waals surface area contributed by atoms with Gasteiger partial charge in [0, 0.05) is 32.2 Å². The number of aromatic nitrogens is 1. The van der Waals surface area contributed by atoms with Crippen LogP contribution in [0.25, 0.3) is 0 Å². The van der Waals surface area contributed by atoms with Gasteiger partial charge in [0.2, 0.25) is 0 Å². The summed E-state index contributed by atoms with van der Waals surface area (Å²) in [6.45, 7) is 2.07. The molecule has 1 aliphatic rings. The molecular weight excluding hydrogens is 304 g/mol. The van der Waals surface area contributed by atoms with Gasteiger partial charge in [-0.25, -0.2) is 0 Å². The van der Waals surface area contributed by atoms with Crippen molar-refractivity contribution in [3.63, 3.8) is 0 Å². The molecule has 2 aromatic heterocycles. The third-order valence-corrected chi connectivity index (χ3v) is 4.38. The molecule has 0 bridgehead atoms. The Bertz CT molecular complexity index is 605. The molecular formula is C15H18N2O4S. The van der Waals surface area contributed by atoms with E-state index in [-0.39, 0.29) is 17.7 Å². The number of amides is 1. The molecule has 0 radical (unpaired) electrons. The summed E-state index contributed by atoms with van der Waals surface area (Å²) in [5, 5.41) is 10.7. The van der Waals surface area contributed by atoms with Crippen molar-refractivity contribution >= 4 is 17.2 Å². The molecule has 0 aliphatic carbocycles. The number of nitrogens with zero attached hydrogens (tertiary/aromatic N) is 1. The van der Waals surface area contributed by atoms with Crippen molar-refractivity contribution in [2.75, 3.05) is 26.9 Å². The fourth-order valence-electron chi connectivity index (χ4n) is 2.43. The van der Waals surface area contributed by atoms with Crippen molar-refractivity contribution in [1.29, 1.82) is 0 Å². The second kappa shape index (κ2) is 7.04. The lowest BCUT2D eigenvalue weighted by molar-refractivity contribution is 0.0932. The van der Waals surface area contributed by atoms with Gasteiger partial charge < -0.3 is 19.3 Å². The number of thiophene rings is 1. The third-order valence-electron chi connectivity index (χ3n) is 3.68. The van der Waals surface area contributed by atoms with Crippen LogP contribution in [0.3, 0.4) is 0 Å². The first kappa shape index (κ1) is 15.2. The topological polar surface area (TPSA) is 73.6 Å². The van der Waals surface area contributed by atoms with Crippen LogP contribution in [0, 0.1) is 5.92 Å². The van der Waals surface area contributed by atoms with Crippen LogP contribution in [0.4, 0.5) is 0 Å². The van der Waals surface area contributed by atoms with E-state index in [1.54, 1.807) is 24.5 Å². The first-order valence-corrected chi connectivity index (χ1v) is 8.09. The van der Waals surface area contributed by atoms with Crippen molar-refractivity contribution in [3.05, 3.63) is 39.9 Å². The van der Waals surface area contributed by atoms with Crippen LogP contribution in [0.2, 0.25) is 0 Å². The number of methoxy groups -OCH3 is 1. The Balaban J connectivity index is 1.63. The smallest absolute Gasteiger partial charge is 0.273 e. The maximum absolute atomic E-state index is 12.1. The maximum atomic E-state index is 12.1. The predicted molar refractivity (Wildman–Crippen MR) is 80.9 cm³/mol. The average molecular weight is 322 g/mol. The molecule has 1 amide bonds. The van der Waals surface area contributed by atoms with E-state index < -0.39 is 0 Å². The van der Waals surface area contributed by atoms with Crippen molar-refractivity contribution in [1.82, 2.24) is 10.5 Å². The Hall–Kier alpha value is -1.70. The van der Waals surface area contributed by atoms with Crippen LogP contribution in [0.1, 0.15) is 34.3 Å². The van der Waals surface area contributed by atoms with Crippen LogP contribution < -0.4 is 5.32 Å². The molecule has 118 valence electrons. The normalized spacial score (nSPS) is 19.2. The number of carbonyl (C=O) groups is 1. The van der Waals surface area contributed by atoms with Crippen LogP contribution in [0.5, 0.6) is 0 Å². The third kappa shape index (κ3) is 3.37. The Morgan fingerprint density at radius 1 is 1.64 bits per heavy atom. The lowest BCUT2D eigenvalue weighted by atomic mass is 10.1. The maximum Gasteiger partial charge on any atom is 0.273 e. The summed E-state index contributed by atoms with van der Waals surface area (Å²) in [6, 6.07) is 3.59. The highest BCUT2D eigenvalue weighted by Crippen LogP contribution is 2.27. The second-order valence-corrected chi connectivity index (χ2v) is 6.01. The molecule has 0 spiro atoms. The van der Waals surface area contributed by atoms with Gasteiger partial charge in [-0.1, -0.05) is 5.16 Å². The summed E-state index contributed by atoms with van der Waals surface area (Å²) in [5.74, 6) is 0.671. The summed E-state index contributed by atoms with van der Waals surface area (Å²) >= 11 is 1.58. The van der Waals surface area contributed by atoms with E-state index in [0.717, 1.165) is 18.6 Å². The number of nitrogens with one attached hydrogen (secondary N) is 1. The minimum Gasteiger partial charge on any atom is -0.381 e. The molecule has 7 heteroatoms. The van der Waals surface area contributed by atoms with Gasteiger partial charge in [0.25, 0.3) is 5.91 Å². The standard InChI is InChI=1S/C15H18N2O4S/c1-19-14(11-3-5-22-9-11)13-6-12(17-21-13)15(18)16-7-10-2-4-20-8-10/h3,5-6,9-10,14H,2,4,7-8H2,1H3,(H,16,18). The summed E-state index contributed by atoms with van der Waals surface area (Å²) in [7, 11) is 1.60. The van der Waals surface area contributed by atoms with Gasteiger partial charge in [-0.3, -0.25) is 4.79 Å². The molecule has 1 aliphatic heterocycles. The van der Waals surface area contributed by atoms with E-state index in [2.05, 4.69) is 10.5 Å². The molecule has 1 N–H and O–H groups in total. The van der Waals surface area contributed by atoms with Gasteiger partial charge in [0.15, 0.2) is 11.5 Å². The van der Waals surface area contributed by atoms with E-state index in [9.17, 15) is 4.79 Å². The molecule has 1 saturated heterocycles. The largest absolute Gasteiger partial charge is 0.381 e. The monoisotopic (exact) mass is 322 g/mol. The van der Waals surface area contributed by atoms with Crippen molar-refractivity contribution in [2.45, 2.75) is 12.5 Å². The lowest BCUT2D eigenvalue weighted by Crippen LogP contribution is -2.29. The molecule has 0 aromatic carbocycles. The number of ether oxygens (including phenoxy) is 2. The van der Waals surface area contributed by atoms with Gasteiger partial charge in [0.1, 0.15) is 6.10 Å². The summed E-state index contributed by atoms with van der Waals surface area (Å²) in [4.78, 5) is 12.1. The summed E-state index contributed by atoms with van der Waals surface area (Å²) in [5.41, 5.74) is 1.25. The fourth-order valence-corrected chi connectivity index (χ4v) is 3.11. The Morgan fingerprint density at radius 3 is 3.23 bits per heavy atom. The quantitative estimate of drug-likeness (QED) is 0.883. The molecule has 3 heterocycles. The Kier molecular flexibility index (Phi) is 4.87. The Morgan fingerprint density at radius 2 is 2.55 bits per heavy atom. The number of hydrogen-bond acceptors (Lipinski definition) is 6. The van der Waals surface area contributed by atoms with E-state index in [0.29, 0.717) is 24.8 Å². The highest BCUT2D eigenvalue weighted by Gasteiger charge is 2.22. The minimum absolute atomic E-state index is 0.234. The van der Waals surface area contributed by atoms with E-state index in [1.807, 2.05) is 16.8 Å². The van der Waals surface area contributed by atoms with Crippen molar-refractivity contribution in [2.24, 2.45) is 5.92 Å². The van der Waals surface area contributed by atoms with Gasteiger partial charge in [-0.15, -0.1) is 0 Å². The minimum atomic E-state index is -0.344. The van der Waals surface area contributed by atoms with Gasteiger partial charge >= 0.3 is 0 Å². The molecule has 1 fully saturated rings. The molecule has 0 saturated carbocycles. The predicted octanol–water partition coefficient (Wildman–Crippen LogP) is 2.24. The van der Waals surface area contributed by atoms with Crippen LogP contribution in [-0.2, 0) is 9.47 Å². The lowest BCUT2D eigenvalue weighted by Gasteiger charge is -2.09. The molecule has 2 aromatic rings. The molecule has 2 unspecified atom stereocenters. The first-order chi connectivity index (χ1) is 10.8. The first-order valence-electron chi connectivity index (χ1n) is 7.15. The SMILES string of the molecule is COC(c1ccsc1)c1cc(C(=O)NCC2CCOC2)no1. The van der Waals surface area contributed by atoms with Gasteiger partial charge in [-0.05, 0) is 28.8 Å². The Labute approximate surface area is 132 Å². The highest BCUT2D eigenvalue weighted by molar-refractivity contribution is 7.07. The van der Waals surface area contributed by atoms with E-state index in [4.69, 9.17) is 14.0 Å². The molecule has 3 rings (SSSR count). The van der Waals surface area contributed by atoms with Crippen LogP contribution >= 0.6 is 11.3 Å². The zero-order valence-corrected chi connectivity index (χ0v) is 13.1. The molecule has 6 nitrogen and oxygen atoms in total. The van der Waals surface area contributed by atoms with Gasteiger partial charge in [-0.2, -0.15) is 11.3 Å². The van der Waals surface area contributed by atoms with E-state index in [1.165, 1.54) is 0 Å². The van der Waals surface area contributed by atoms with Crippen LogP contribution in [-0.4, -0.2) is 37.9 Å². The van der Waals surface area contributed by atoms with Gasteiger partial charge in [0.05, 0.1) is 6.61 Å². The number of hydrogen-bond donors (Lipinski definition) is 1. The van der Waals surface area contributed by atoms with Crippen LogP contribution in [0.15, 0.2) is 27.4 Å². The zero-order chi connectivity index (χ0) is 15.4. The average Bonchev–Trinajstić information content (AvgIpc) is 3.28. The number of carbonyl (C=O) groups excluding carboxylic acids is 1. The zero-order valence-electron chi connectivity index (χ0n) is 12.3. The van der Waals surface area contributed by atoms with Crippen molar-refractivity contribution in [3.8, 4) is 0 Å². The van der Waals surface area contributed by atoms with Crippen molar-refractivity contribution < 1.29 is 18.8 Å². The summed E-state index contributed by atoms with van der Waals surface area (Å²) < 4.78 is 16.0. The molecule has 2 atom stereocenters. The van der Waals surface area contributed by atoms with E-state index >= 15 is 0 Å². The summed E-state index contributed by atoms with van der Waals surface area (Å²) in [6.07, 6.45) is 0.636. The molecule has 22 heavy (non-hydrogen) atoms. The fraction of sp³-hybridized carbons (Fsp3) is 0.467. The number of rotatable bonds is 6. The highest BCUT2D eigenvalue weighted by atomic mass is 32.1.